The monoisotopic (exact) mass is 477 g/mol. The van der Waals surface area contributed by atoms with Gasteiger partial charge >= 0.3 is 0 Å². The maximum absolute atomic E-state index is 13.4. The van der Waals surface area contributed by atoms with Gasteiger partial charge in [-0.25, -0.2) is 8.42 Å². The first-order valence-electron chi connectivity index (χ1n) is 11.3. The highest BCUT2D eigenvalue weighted by molar-refractivity contribution is 7.89. The van der Waals surface area contributed by atoms with Gasteiger partial charge in [0.25, 0.3) is 0 Å². The summed E-state index contributed by atoms with van der Waals surface area (Å²) in [6, 6.07) is 6.08. The molecule has 0 unspecified atom stereocenters. The molecule has 0 saturated carbocycles. The normalized spacial score (nSPS) is 21.8. The lowest BCUT2D eigenvalue weighted by Crippen LogP contribution is -2.64. The zero-order chi connectivity index (χ0) is 24.4. The van der Waals surface area contributed by atoms with Crippen molar-refractivity contribution in [2.45, 2.75) is 51.5 Å². The lowest BCUT2D eigenvalue weighted by atomic mass is 9.67. The Labute approximate surface area is 196 Å². The Morgan fingerprint density at radius 3 is 2.12 bits per heavy atom. The van der Waals surface area contributed by atoms with Crippen molar-refractivity contribution in [1.82, 2.24) is 9.62 Å². The van der Waals surface area contributed by atoms with E-state index in [-0.39, 0.29) is 41.8 Å². The van der Waals surface area contributed by atoms with E-state index in [1.807, 2.05) is 27.7 Å². The number of ether oxygens (including phenoxy) is 1. The molecule has 2 amide bonds. The van der Waals surface area contributed by atoms with Crippen LogP contribution in [0.5, 0.6) is 0 Å². The molecule has 0 atom stereocenters. The van der Waals surface area contributed by atoms with E-state index < -0.39 is 20.9 Å². The van der Waals surface area contributed by atoms with Gasteiger partial charge in [-0.3, -0.25) is 9.59 Å². The smallest absolute Gasteiger partial charge is 0.243 e. The number of carbonyl (C=O) groups is 2. The van der Waals surface area contributed by atoms with Crippen LogP contribution in [0.15, 0.2) is 41.8 Å². The molecule has 2 heterocycles. The van der Waals surface area contributed by atoms with Gasteiger partial charge in [0.1, 0.15) is 0 Å². The summed E-state index contributed by atoms with van der Waals surface area (Å²) in [4.78, 5) is 24.6. The van der Waals surface area contributed by atoms with Gasteiger partial charge in [0.2, 0.25) is 21.8 Å². The number of nitrogens with zero attached hydrogens (tertiary/aromatic N) is 1. The highest BCUT2D eigenvalue weighted by atomic mass is 32.2. The molecule has 1 aromatic carbocycles. The van der Waals surface area contributed by atoms with E-state index >= 15 is 0 Å². The van der Waals surface area contributed by atoms with Crippen LogP contribution in [0.3, 0.4) is 0 Å². The summed E-state index contributed by atoms with van der Waals surface area (Å²) in [7, 11) is -3.76. The minimum atomic E-state index is -3.76. The fourth-order valence-corrected chi connectivity index (χ4v) is 6.81. The number of amides is 2. The number of sulfonamides is 1. The third-order valence-corrected chi connectivity index (χ3v) is 8.36. The van der Waals surface area contributed by atoms with Gasteiger partial charge in [-0.1, -0.05) is 34.3 Å². The summed E-state index contributed by atoms with van der Waals surface area (Å²) < 4.78 is 33.7. The first-order valence-corrected chi connectivity index (χ1v) is 12.7. The maximum atomic E-state index is 13.4. The second-order valence-electron chi connectivity index (χ2n) is 10.3. The van der Waals surface area contributed by atoms with Crippen LogP contribution in [0.25, 0.3) is 0 Å². The molecule has 0 radical (unpaired) electrons. The van der Waals surface area contributed by atoms with E-state index in [0.29, 0.717) is 31.7 Å². The highest BCUT2D eigenvalue weighted by Crippen LogP contribution is 2.42. The molecule has 0 aromatic heterocycles. The third-order valence-electron chi connectivity index (χ3n) is 6.55. The molecule has 2 aliphatic heterocycles. The summed E-state index contributed by atoms with van der Waals surface area (Å²) in [6.45, 7) is 13.0. The summed E-state index contributed by atoms with van der Waals surface area (Å²) in [5.74, 6) is -0.425. The van der Waals surface area contributed by atoms with Gasteiger partial charge in [0, 0.05) is 44.0 Å². The molecular weight excluding hydrogens is 442 g/mol. The summed E-state index contributed by atoms with van der Waals surface area (Å²) in [5, 5.41) is 5.86. The Hall–Kier alpha value is -2.23. The second kappa shape index (κ2) is 9.56. The van der Waals surface area contributed by atoms with Crippen LogP contribution in [0.4, 0.5) is 5.69 Å². The largest absolute Gasteiger partial charge is 0.381 e. The first kappa shape index (κ1) is 25.4. The molecule has 2 fully saturated rings. The zero-order valence-corrected chi connectivity index (χ0v) is 20.7. The van der Waals surface area contributed by atoms with E-state index in [2.05, 4.69) is 17.2 Å². The molecule has 2 N–H and O–H groups in total. The molecule has 0 aliphatic carbocycles. The fraction of sp³-hybridized carbons (Fsp3) is 0.583. The number of carbonyl (C=O) groups excluding carboxylic acids is 2. The van der Waals surface area contributed by atoms with Crippen LogP contribution in [0.1, 0.15) is 40.5 Å². The van der Waals surface area contributed by atoms with Gasteiger partial charge < -0.3 is 15.4 Å². The predicted octanol–water partition coefficient (Wildman–Crippen LogP) is 2.78. The molecule has 0 bridgehead atoms. The minimum absolute atomic E-state index is 0.0685. The van der Waals surface area contributed by atoms with Crippen LogP contribution < -0.4 is 10.6 Å². The first-order chi connectivity index (χ1) is 15.4. The molecule has 182 valence electrons. The minimum Gasteiger partial charge on any atom is -0.381 e. The summed E-state index contributed by atoms with van der Waals surface area (Å²) in [6.07, 6.45) is 2.61. The lowest BCUT2D eigenvalue weighted by Gasteiger charge is -2.52. The Bertz CT molecular complexity index is 977. The van der Waals surface area contributed by atoms with Gasteiger partial charge in [0.15, 0.2) is 0 Å². The average molecular weight is 478 g/mol. The molecule has 9 heteroatoms. The number of rotatable bonds is 6. The van der Waals surface area contributed by atoms with Crippen LogP contribution in [-0.4, -0.2) is 56.9 Å². The quantitative estimate of drug-likeness (QED) is 0.613. The molecule has 33 heavy (non-hydrogen) atoms. The maximum Gasteiger partial charge on any atom is 0.243 e. The Kier molecular flexibility index (Phi) is 7.36. The van der Waals surface area contributed by atoms with Crippen molar-refractivity contribution in [3.05, 3.63) is 36.9 Å². The van der Waals surface area contributed by atoms with Crippen molar-refractivity contribution in [1.29, 1.82) is 0 Å². The van der Waals surface area contributed by atoms with Gasteiger partial charge in [0.05, 0.1) is 4.90 Å². The molecular formula is C24H35N3O5S. The van der Waals surface area contributed by atoms with Crippen molar-refractivity contribution < 1.29 is 22.7 Å². The standard InChI is InChI=1S/C24H35N3O5S/c1-6-20(28)26-22-23(2,3)15-27(16-24(22,4)5)33(30,31)19-9-7-18(8-10-19)25-21(29)17-11-13-32-14-12-17/h6-10,17,22H,1,11-16H2,2-5H3,(H,25,29)(H,26,28). The molecule has 0 spiro atoms. The Balaban J connectivity index is 1.75. The molecule has 2 aliphatic rings. The number of benzene rings is 1. The Morgan fingerprint density at radius 2 is 1.61 bits per heavy atom. The summed E-state index contributed by atoms with van der Waals surface area (Å²) >= 11 is 0. The van der Waals surface area contributed by atoms with Crippen LogP contribution in [0.2, 0.25) is 0 Å². The SMILES string of the molecule is C=CC(=O)NC1C(C)(C)CN(S(=O)(=O)c2ccc(NC(=O)C3CCOCC3)cc2)CC1(C)C. The van der Waals surface area contributed by atoms with Crippen molar-refractivity contribution in [2.75, 3.05) is 31.6 Å². The van der Waals surface area contributed by atoms with E-state index in [9.17, 15) is 18.0 Å². The van der Waals surface area contributed by atoms with Crippen molar-refractivity contribution in [3.63, 3.8) is 0 Å². The van der Waals surface area contributed by atoms with E-state index in [1.54, 1.807) is 12.1 Å². The van der Waals surface area contributed by atoms with Crippen LogP contribution in [0, 0.1) is 16.7 Å². The summed E-state index contributed by atoms with van der Waals surface area (Å²) in [5.41, 5.74) is -0.423. The zero-order valence-electron chi connectivity index (χ0n) is 19.9. The predicted molar refractivity (Wildman–Crippen MR) is 127 cm³/mol. The molecule has 1 aromatic rings. The van der Waals surface area contributed by atoms with Crippen molar-refractivity contribution in [2.24, 2.45) is 16.7 Å². The van der Waals surface area contributed by atoms with E-state index in [4.69, 9.17) is 4.74 Å². The highest BCUT2D eigenvalue weighted by Gasteiger charge is 2.50. The topological polar surface area (TPSA) is 105 Å². The molecule has 3 rings (SSSR count). The second-order valence-corrected chi connectivity index (χ2v) is 12.2. The lowest BCUT2D eigenvalue weighted by molar-refractivity contribution is -0.122. The van der Waals surface area contributed by atoms with Crippen LogP contribution in [-0.2, 0) is 24.3 Å². The fourth-order valence-electron chi connectivity index (χ4n) is 5.03. The van der Waals surface area contributed by atoms with E-state index in [1.165, 1.54) is 22.5 Å². The molecule has 8 nitrogen and oxygen atoms in total. The third kappa shape index (κ3) is 5.65. The average Bonchev–Trinajstić information content (AvgIpc) is 2.76. The van der Waals surface area contributed by atoms with Crippen molar-refractivity contribution >= 4 is 27.5 Å². The van der Waals surface area contributed by atoms with Crippen molar-refractivity contribution in [3.8, 4) is 0 Å². The number of piperidine rings is 1. The number of anilines is 1. The number of hydrogen-bond acceptors (Lipinski definition) is 5. The number of nitrogens with one attached hydrogen (secondary N) is 2. The molecule has 2 saturated heterocycles. The van der Waals surface area contributed by atoms with Crippen LogP contribution >= 0.6 is 0 Å². The van der Waals surface area contributed by atoms with E-state index in [0.717, 1.165) is 0 Å². The van der Waals surface area contributed by atoms with Gasteiger partial charge in [-0.2, -0.15) is 4.31 Å². The van der Waals surface area contributed by atoms with Gasteiger partial charge in [-0.05, 0) is 54.0 Å². The Morgan fingerprint density at radius 1 is 1.06 bits per heavy atom. The number of hydrogen-bond donors (Lipinski definition) is 2. The van der Waals surface area contributed by atoms with Gasteiger partial charge in [-0.15, -0.1) is 0 Å².